The van der Waals surface area contributed by atoms with Crippen LogP contribution in [0, 0.1) is 6.92 Å². The Bertz CT molecular complexity index is 1280. The smallest absolute Gasteiger partial charge is 0.264 e. The second-order valence-corrected chi connectivity index (χ2v) is 10.9. The van der Waals surface area contributed by atoms with E-state index in [0.717, 1.165) is 28.3 Å². The Kier molecular flexibility index (Phi) is 9.85. The summed E-state index contributed by atoms with van der Waals surface area (Å²) >= 11 is 0. The number of amides is 2. The molecule has 0 aliphatic heterocycles. The molecule has 3 aromatic carbocycles. The van der Waals surface area contributed by atoms with Crippen LogP contribution in [-0.2, 0) is 26.2 Å². The molecule has 0 radical (unpaired) electrons. The van der Waals surface area contributed by atoms with Crippen molar-refractivity contribution < 1.29 is 18.0 Å². The van der Waals surface area contributed by atoms with Gasteiger partial charge in [0.15, 0.2) is 0 Å². The van der Waals surface area contributed by atoms with Crippen molar-refractivity contribution in [3.05, 3.63) is 96.1 Å². The lowest BCUT2D eigenvalue weighted by Gasteiger charge is -2.32. The molecule has 0 heterocycles. The molecule has 8 heteroatoms. The number of sulfonamides is 1. The van der Waals surface area contributed by atoms with E-state index < -0.39 is 28.5 Å². The molecule has 0 aliphatic rings. The topological polar surface area (TPSA) is 86.8 Å². The maximum atomic E-state index is 13.8. The van der Waals surface area contributed by atoms with Gasteiger partial charge in [-0.1, -0.05) is 79.6 Å². The molecule has 0 spiro atoms. The van der Waals surface area contributed by atoms with Crippen molar-refractivity contribution in [1.29, 1.82) is 0 Å². The van der Waals surface area contributed by atoms with Crippen LogP contribution >= 0.6 is 0 Å². The highest BCUT2D eigenvalue weighted by atomic mass is 32.2. The van der Waals surface area contributed by atoms with Gasteiger partial charge in [0.25, 0.3) is 10.0 Å². The number of unbranched alkanes of at least 4 members (excludes halogenated alkanes) is 1. The lowest BCUT2D eigenvalue weighted by atomic mass is 10.1. The Morgan fingerprint density at radius 3 is 2.19 bits per heavy atom. The van der Waals surface area contributed by atoms with Crippen LogP contribution in [0.3, 0.4) is 0 Å². The first-order valence-corrected chi connectivity index (χ1v) is 13.9. The Morgan fingerprint density at radius 1 is 0.919 bits per heavy atom. The monoisotopic (exact) mass is 521 g/mol. The number of aryl methyl sites for hydroxylation is 1. The van der Waals surface area contributed by atoms with Gasteiger partial charge >= 0.3 is 0 Å². The summed E-state index contributed by atoms with van der Waals surface area (Å²) in [4.78, 5) is 28.3. The van der Waals surface area contributed by atoms with E-state index in [1.165, 1.54) is 17.0 Å². The molecule has 1 N–H and O–H groups in total. The summed E-state index contributed by atoms with van der Waals surface area (Å²) in [5, 5.41) is 2.89. The summed E-state index contributed by atoms with van der Waals surface area (Å²) in [6.45, 7) is 5.92. The molecule has 0 bridgehead atoms. The number of nitrogens with zero attached hydrogens (tertiary/aromatic N) is 2. The number of rotatable bonds is 12. The molecule has 3 rings (SSSR count). The number of carbonyl (C=O) groups excluding carboxylic acids is 2. The van der Waals surface area contributed by atoms with Crippen LogP contribution < -0.4 is 9.62 Å². The van der Waals surface area contributed by atoms with E-state index in [9.17, 15) is 18.0 Å². The van der Waals surface area contributed by atoms with Crippen molar-refractivity contribution in [3.8, 4) is 0 Å². The lowest BCUT2D eigenvalue weighted by molar-refractivity contribution is -0.139. The number of anilines is 1. The zero-order valence-corrected chi connectivity index (χ0v) is 22.4. The van der Waals surface area contributed by atoms with Crippen molar-refractivity contribution in [1.82, 2.24) is 10.2 Å². The lowest BCUT2D eigenvalue weighted by Crippen LogP contribution is -2.51. The Balaban J connectivity index is 1.96. The van der Waals surface area contributed by atoms with Gasteiger partial charge in [-0.15, -0.1) is 0 Å². The molecular formula is C29H35N3O4S. The molecule has 2 amide bonds. The van der Waals surface area contributed by atoms with E-state index in [2.05, 4.69) is 5.32 Å². The van der Waals surface area contributed by atoms with Crippen molar-refractivity contribution >= 4 is 27.5 Å². The minimum Gasteiger partial charge on any atom is -0.354 e. The van der Waals surface area contributed by atoms with Crippen LogP contribution in [0.15, 0.2) is 89.8 Å². The molecule has 1 unspecified atom stereocenters. The molecule has 3 aromatic rings. The molecule has 0 aromatic heterocycles. The highest BCUT2D eigenvalue weighted by Gasteiger charge is 2.32. The first kappa shape index (κ1) is 27.9. The molecule has 0 saturated heterocycles. The number of hydrogen-bond donors (Lipinski definition) is 1. The Morgan fingerprint density at radius 2 is 1.57 bits per heavy atom. The fourth-order valence-corrected chi connectivity index (χ4v) is 5.40. The first-order chi connectivity index (χ1) is 17.7. The molecule has 196 valence electrons. The van der Waals surface area contributed by atoms with Gasteiger partial charge in [-0.05, 0) is 50.1 Å². The van der Waals surface area contributed by atoms with E-state index >= 15 is 0 Å². The summed E-state index contributed by atoms with van der Waals surface area (Å²) in [6.07, 6.45) is 1.77. The molecule has 0 aliphatic carbocycles. The Labute approximate surface area is 220 Å². The third-order valence-corrected chi connectivity index (χ3v) is 7.87. The third kappa shape index (κ3) is 7.43. The summed E-state index contributed by atoms with van der Waals surface area (Å²) in [5.41, 5.74) is 2.26. The number of nitrogens with one attached hydrogen (secondary N) is 1. The van der Waals surface area contributed by atoms with Crippen molar-refractivity contribution in [3.63, 3.8) is 0 Å². The minimum atomic E-state index is -4.04. The van der Waals surface area contributed by atoms with Crippen LogP contribution in [0.5, 0.6) is 0 Å². The molecular weight excluding hydrogens is 486 g/mol. The van der Waals surface area contributed by atoms with E-state index in [-0.39, 0.29) is 17.3 Å². The van der Waals surface area contributed by atoms with Gasteiger partial charge in [0.1, 0.15) is 12.6 Å². The summed E-state index contributed by atoms with van der Waals surface area (Å²) in [5.74, 6) is -0.741. The van der Waals surface area contributed by atoms with E-state index in [4.69, 9.17) is 0 Å². The highest BCUT2D eigenvalue weighted by molar-refractivity contribution is 7.92. The zero-order chi connectivity index (χ0) is 26.8. The van der Waals surface area contributed by atoms with Crippen LogP contribution in [0.25, 0.3) is 0 Å². The van der Waals surface area contributed by atoms with Crippen LogP contribution in [0.1, 0.15) is 37.8 Å². The number of para-hydroxylation sites is 1. The maximum Gasteiger partial charge on any atom is 0.264 e. The molecule has 37 heavy (non-hydrogen) atoms. The second kappa shape index (κ2) is 13.1. The predicted molar refractivity (Wildman–Crippen MR) is 147 cm³/mol. The average Bonchev–Trinajstić information content (AvgIpc) is 2.91. The number of carbonyl (C=O) groups is 2. The zero-order valence-electron chi connectivity index (χ0n) is 21.6. The van der Waals surface area contributed by atoms with E-state index in [1.807, 2.05) is 38.1 Å². The van der Waals surface area contributed by atoms with Gasteiger partial charge in [0, 0.05) is 13.1 Å². The highest BCUT2D eigenvalue weighted by Crippen LogP contribution is 2.24. The van der Waals surface area contributed by atoms with Gasteiger partial charge in [0.2, 0.25) is 11.8 Å². The average molecular weight is 522 g/mol. The van der Waals surface area contributed by atoms with Gasteiger partial charge < -0.3 is 10.2 Å². The van der Waals surface area contributed by atoms with E-state index in [1.54, 1.807) is 55.5 Å². The largest absolute Gasteiger partial charge is 0.354 e. The van der Waals surface area contributed by atoms with Crippen LogP contribution in [0.2, 0.25) is 0 Å². The fraction of sp³-hybridized carbons (Fsp3) is 0.310. The Hall–Kier alpha value is -3.65. The quantitative estimate of drug-likeness (QED) is 0.355. The fourth-order valence-electron chi connectivity index (χ4n) is 3.97. The van der Waals surface area contributed by atoms with Gasteiger partial charge in [-0.2, -0.15) is 0 Å². The number of benzene rings is 3. The molecule has 7 nitrogen and oxygen atoms in total. The standard InChI is InChI=1S/C29H35N3O4S/c1-4-5-19-30-29(34)24(3)31(21-25-14-12-13-23(2)20-25)28(33)22-32(26-15-8-6-9-16-26)37(35,36)27-17-10-7-11-18-27/h6-18,20,24H,4-5,19,21-22H2,1-3H3,(H,30,34). The summed E-state index contributed by atoms with van der Waals surface area (Å²) < 4.78 is 28.4. The SMILES string of the molecule is CCCCNC(=O)C(C)N(Cc1cccc(C)c1)C(=O)CN(c1ccccc1)S(=O)(=O)c1ccccc1. The van der Waals surface area contributed by atoms with Crippen molar-refractivity contribution in [2.45, 2.75) is 51.1 Å². The number of hydrogen-bond acceptors (Lipinski definition) is 4. The summed E-state index contributed by atoms with van der Waals surface area (Å²) in [7, 11) is -4.04. The van der Waals surface area contributed by atoms with Gasteiger partial charge in [-0.25, -0.2) is 8.42 Å². The minimum absolute atomic E-state index is 0.0854. The maximum absolute atomic E-state index is 13.8. The summed E-state index contributed by atoms with van der Waals surface area (Å²) in [6, 6.07) is 23.5. The molecule has 0 fully saturated rings. The van der Waals surface area contributed by atoms with Gasteiger partial charge in [-0.3, -0.25) is 13.9 Å². The first-order valence-electron chi connectivity index (χ1n) is 12.5. The predicted octanol–water partition coefficient (Wildman–Crippen LogP) is 4.52. The molecule has 0 saturated carbocycles. The normalized spacial score (nSPS) is 12.0. The van der Waals surface area contributed by atoms with Crippen LogP contribution in [-0.4, -0.2) is 44.3 Å². The van der Waals surface area contributed by atoms with Crippen molar-refractivity contribution in [2.75, 3.05) is 17.4 Å². The van der Waals surface area contributed by atoms with Gasteiger partial charge in [0.05, 0.1) is 10.6 Å². The van der Waals surface area contributed by atoms with E-state index in [0.29, 0.717) is 12.2 Å². The third-order valence-electron chi connectivity index (χ3n) is 6.09. The molecule has 1 atom stereocenters. The second-order valence-electron chi connectivity index (χ2n) is 8.99. The van der Waals surface area contributed by atoms with Crippen LogP contribution in [0.4, 0.5) is 5.69 Å². The van der Waals surface area contributed by atoms with Crippen molar-refractivity contribution in [2.24, 2.45) is 0 Å².